The average Bonchev–Trinajstić information content (AvgIpc) is 3.08. The van der Waals surface area contributed by atoms with Crippen molar-refractivity contribution >= 4 is 17.2 Å². The second-order valence-electron chi connectivity index (χ2n) is 5.25. The van der Waals surface area contributed by atoms with Crippen molar-refractivity contribution in [2.24, 2.45) is 0 Å². The van der Waals surface area contributed by atoms with E-state index in [4.69, 9.17) is 0 Å². The maximum Gasteiger partial charge on any atom is 0.266 e. The van der Waals surface area contributed by atoms with Crippen molar-refractivity contribution in [1.82, 2.24) is 9.88 Å². The van der Waals surface area contributed by atoms with Crippen molar-refractivity contribution in [1.29, 1.82) is 0 Å². The Balaban J connectivity index is 1.76. The number of aryl methyl sites for hydroxylation is 1. The Morgan fingerprint density at radius 3 is 2.90 bits per heavy atom. The zero-order valence-corrected chi connectivity index (χ0v) is 12.4. The number of benzene rings is 1. The largest absolute Gasteiger partial charge is 0.335 e. The van der Waals surface area contributed by atoms with Crippen LogP contribution < -0.4 is 0 Å². The Bertz CT molecular complexity index is 594. The molecule has 0 spiro atoms. The number of carbonyl (C=O) groups is 1. The molecule has 0 bridgehead atoms. The molecule has 1 aromatic heterocycles. The third-order valence-corrected chi connectivity index (χ3v) is 4.81. The van der Waals surface area contributed by atoms with Crippen LogP contribution in [0.25, 0.3) is 0 Å². The SMILES string of the molecule is Cc1ncsc1C(=O)N1CCC[C@H]1Cc1ccccc1. The summed E-state index contributed by atoms with van der Waals surface area (Å²) in [4.78, 5) is 19.6. The standard InChI is InChI=1S/C16H18N2OS/c1-12-15(20-11-17-12)16(19)18-9-5-8-14(18)10-13-6-3-2-4-7-13/h2-4,6-7,11,14H,5,8-10H2,1H3/t14-/m0/s1. The lowest BCUT2D eigenvalue weighted by molar-refractivity contribution is 0.0740. The van der Waals surface area contributed by atoms with Crippen LogP contribution in [0.3, 0.4) is 0 Å². The number of carbonyl (C=O) groups excluding carboxylic acids is 1. The van der Waals surface area contributed by atoms with Crippen LogP contribution in [0.15, 0.2) is 35.8 Å². The molecule has 1 aliphatic rings. The van der Waals surface area contributed by atoms with Crippen LogP contribution in [-0.2, 0) is 6.42 Å². The number of hydrogen-bond donors (Lipinski definition) is 0. The fraction of sp³-hybridized carbons (Fsp3) is 0.375. The Kier molecular flexibility index (Phi) is 3.83. The van der Waals surface area contributed by atoms with Gasteiger partial charge in [-0.1, -0.05) is 30.3 Å². The van der Waals surface area contributed by atoms with Gasteiger partial charge in [0.25, 0.3) is 5.91 Å². The molecule has 0 N–H and O–H groups in total. The third kappa shape index (κ3) is 2.61. The van der Waals surface area contributed by atoms with E-state index in [9.17, 15) is 4.79 Å². The molecule has 0 unspecified atom stereocenters. The molecule has 0 saturated carbocycles. The first-order valence-electron chi connectivity index (χ1n) is 7.00. The molecule has 1 saturated heterocycles. The molecule has 4 heteroatoms. The van der Waals surface area contributed by atoms with Crippen molar-refractivity contribution in [3.63, 3.8) is 0 Å². The van der Waals surface area contributed by atoms with Crippen LogP contribution in [0, 0.1) is 6.92 Å². The highest BCUT2D eigenvalue weighted by atomic mass is 32.1. The Morgan fingerprint density at radius 1 is 1.40 bits per heavy atom. The van der Waals surface area contributed by atoms with Gasteiger partial charge >= 0.3 is 0 Å². The molecule has 1 amide bonds. The molecule has 0 radical (unpaired) electrons. The van der Waals surface area contributed by atoms with Crippen molar-refractivity contribution in [3.05, 3.63) is 52.0 Å². The highest BCUT2D eigenvalue weighted by molar-refractivity contribution is 7.11. The molecule has 0 aliphatic carbocycles. The van der Waals surface area contributed by atoms with E-state index in [0.717, 1.165) is 36.4 Å². The lowest BCUT2D eigenvalue weighted by atomic mass is 10.0. The van der Waals surface area contributed by atoms with Gasteiger partial charge in [0.2, 0.25) is 0 Å². The number of hydrogen-bond acceptors (Lipinski definition) is 3. The molecular formula is C16H18N2OS. The van der Waals surface area contributed by atoms with Gasteiger partial charge in [0.05, 0.1) is 11.2 Å². The lowest BCUT2D eigenvalue weighted by Crippen LogP contribution is -2.36. The summed E-state index contributed by atoms with van der Waals surface area (Å²) in [5.41, 5.74) is 3.91. The molecule has 1 aromatic carbocycles. The first-order chi connectivity index (χ1) is 9.75. The number of rotatable bonds is 3. The number of nitrogens with zero attached hydrogens (tertiary/aromatic N) is 2. The number of thiazole rings is 1. The van der Waals surface area contributed by atoms with Gasteiger partial charge in [-0.2, -0.15) is 0 Å². The van der Waals surface area contributed by atoms with Gasteiger partial charge in [-0.05, 0) is 31.7 Å². The molecule has 3 nitrogen and oxygen atoms in total. The molecule has 1 fully saturated rings. The van der Waals surface area contributed by atoms with Gasteiger partial charge in [0.15, 0.2) is 0 Å². The molecular weight excluding hydrogens is 268 g/mol. The van der Waals surface area contributed by atoms with E-state index >= 15 is 0 Å². The second kappa shape index (κ2) is 5.75. The van der Waals surface area contributed by atoms with Crippen LogP contribution in [-0.4, -0.2) is 28.4 Å². The van der Waals surface area contributed by atoms with Crippen LogP contribution in [0.5, 0.6) is 0 Å². The average molecular weight is 286 g/mol. The zero-order chi connectivity index (χ0) is 13.9. The zero-order valence-electron chi connectivity index (χ0n) is 11.6. The van der Waals surface area contributed by atoms with E-state index in [2.05, 4.69) is 29.2 Å². The summed E-state index contributed by atoms with van der Waals surface area (Å²) in [6.07, 6.45) is 3.14. The predicted octanol–water partition coefficient (Wildman–Crippen LogP) is 3.30. The van der Waals surface area contributed by atoms with Crippen LogP contribution in [0.4, 0.5) is 0 Å². The fourth-order valence-electron chi connectivity index (χ4n) is 2.84. The van der Waals surface area contributed by atoms with Gasteiger partial charge in [-0.25, -0.2) is 4.98 Å². The minimum atomic E-state index is 0.156. The van der Waals surface area contributed by atoms with Crippen molar-refractivity contribution in [2.45, 2.75) is 32.2 Å². The smallest absolute Gasteiger partial charge is 0.266 e. The van der Waals surface area contributed by atoms with E-state index in [1.807, 2.05) is 17.9 Å². The quantitative estimate of drug-likeness (QED) is 0.867. The van der Waals surface area contributed by atoms with Crippen LogP contribution >= 0.6 is 11.3 Å². The van der Waals surface area contributed by atoms with Crippen molar-refractivity contribution in [3.8, 4) is 0 Å². The summed E-state index contributed by atoms with van der Waals surface area (Å²) in [6.45, 7) is 2.78. The summed E-state index contributed by atoms with van der Waals surface area (Å²) in [5.74, 6) is 0.156. The summed E-state index contributed by atoms with van der Waals surface area (Å²) >= 11 is 1.45. The Hall–Kier alpha value is -1.68. The molecule has 104 valence electrons. The molecule has 2 heterocycles. The molecule has 1 aliphatic heterocycles. The van der Waals surface area contributed by atoms with Crippen molar-refractivity contribution in [2.75, 3.05) is 6.54 Å². The van der Waals surface area contributed by atoms with Crippen LogP contribution in [0.2, 0.25) is 0 Å². The van der Waals surface area contributed by atoms with E-state index in [1.54, 1.807) is 5.51 Å². The maximum absolute atomic E-state index is 12.6. The van der Waals surface area contributed by atoms with E-state index < -0.39 is 0 Å². The predicted molar refractivity (Wildman–Crippen MR) is 81.1 cm³/mol. The van der Waals surface area contributed by atoms with Gasteiger partial charge in [-0.3, -0.25) is 4.79 Å². The number of amides is 1. The first-order valence-corrected chi connectivity index (χ1v) is 7.88. The maximum atomic E-state index is 12.6. The minimum Gasteiger partial charge on any atom is -0.335 e. The van der Waals surface area contributed by atoms with Gasteiger partial charge < -0.3 is 4.90 Å². The van der Waals surface area contributed by atoms with E-state index in [0.29, 0.717) is 6.04 Å². The molecule has 20 heavy (non-hydrogen) atoms. The summed E-state index contributed by atoms with van der Waals surface area (Å²) in [6, 6.07) is 10.7. The van der Waals surface area contributed by atoms with Crippen LogP contribution in [0.1, 0.15) is 33.8 Å². The minimum absolute atomic E-state index is 0.156. The van der Waals surface area contributed by atoms with E-state index in [1.165, 1.54) is 16.9 Å². The normalized spacial score (nSPS) is 18.4. The highest BCUT2D eigenvalue weighted by Crippen LogP contribution is 2.25. The van der Waals surface area contributed by atoms with Gasteiger partial charge in [-0.15, -0.1) is 11.3 Å². The summed E-state index contributed by atoms with van der Waals surface area (Å²) in [5, 5.41) is 0. The van der Waals surface area contributed by atoms with Crippen molar-refractivity contribution < 1.29 is 4.79 Å². The number of likely N-dealkylation sites (tertiary alicyclic amines) is 1. The third-order valence-electron chi connectivity index (χ3n) is 3.89. The Labute approximate surface area is 123 Å². The van der Waals surface area contributed by atoms with E-state index in [-0.39, 0.29) is 5.91 Å². The Morgan fingerprint density at radius 2 is 2.20 bits per heavy atom. The monoisotopic (exact) mass is 286 g/mol. The van der Waals surface area contributed by atoms with Gasteiger partial charge in [0, 0.05) is 12.6 Å². The molecule has 1 atom stereocenters. The second-order valence-corrected chi connectivity index (χ2v) is 6.11. The van der Waals surface area contributed by atoms with Gasteiger partial charge in [0.1, 0.15) is 4.88 Å². The summed E-state index contributed by atoms with van der Waals surface area (Å²) in [7, 11) is 0. The number of aromatic nitrogens is 1. The summed E-state index contributed by atoms with van der Waals surface area (Å²) < 4.78 is 0. The molecule has 2 aromatic rings. The lowest BCUT2D eigenvalue weighted by Gasteiger charge is -2.24. The molecule has 3 rings (SSSR count). The highest BCUT2D eigenvalue weighted by Gasteiger charge is 2.30. The fourth-order valence-corrected chi connectivity index (χ4v) is 3.60. The topological polar surface area (TPSA) is 33.2 Å². The first kappa shape index (κ1) is 13.3.